The summed E-state index contributed by atoms with van der Waals surface area (Å²) in [5.41, 5.74) is -0.873. The van der Waals surface area contributed by atoms with Crippen molar-refractivity contribution in [2.75, 3.05) is 17.7 Å². The highest BCUT2D eigenvalue weighted by Crippen LogP contribution is 2.23. The largest absolute Gasteiger partial charge is 0.496 e. The van der Waals surface area contributed by atoms with Gasteiger partial charge in [-0.1, -0.05) is 12.1 Å². The zero-order chi connectivity index (χ0) is 21.1. The summed E-state index contributed by atoms with van der Waals surface area (Å²) in [6, 6.07) is 8.81. The van der Waals surface area contributed by atoms with E-state index < -0.39 is 35.0 Å². The molecular formula is C19H15F3N4O3. The van der Waals surface area contributed by atoms with E-state index in [9.17, 15) is 22.8 Å². The summed E-state index contributed by atoms with van der Waals surface area (Å²) in [5, 5.41) is 8.17. The lowest BCUT2D eigenvalue weighted by Crippen LogP contribution is -2.16. The van der Waals surface area contributed by atoms with Gasteiger partial charge in [0.1, 0.15) is 17.4 Å². The van der Waals surface area contributed by atoms with Crippen molar-refractivity contribution in [1.29, 1.82) is 0 Å². The van der Waals surface area contributed by atoms with Gasteiger partial charge in [-0.25, -0.2) is 17.9 Å². The van der Waals surface area contributed by atoms with Crippen LogP contribution in [0.15, 0.2) is 42.5 Å². The van der Waals surface area contributed by atoms with Gasteiger partial charge < -0.3 is 15.4 Å². The number of methoxy groups -OCH3 is 1. The molecule has 0 aliphatic heterocycles. The van der Waals surface area contributed by atoms with E-state index in [0.29, 0.717) is 6.07 Å². The molecule has 0 bridgehead atoms. The Labute approximate surface area is 163 Å². The number of carbonyl (C=O) groups is 2. The first-order valence-electron chi connectivity index (χ1n) is 8.25. The minimum absolute atomic E-state index is 0.148. The number of anilines is 2. The molecule has 2 N–H and O–H groups in total. The first-order chi connectivity index (χ1) is 13.8. The fraction of sp³-hybridized carbons (Fsp3) is 0.105. The number of rotatable bonds is 5. The number of nitrogens with one attached hydrogen (secondary N) is 2. The van der Waals surface area contributed by atoms with E-state index in [4.69, 9.17) is 4.74 Å². The molecule has 1 aromatic heterocycles. The van der Waals surface area contributed by atoms with Gasteiger partial charge in [0.25, 0.3) is 11.8 Å². The molecule has 1 heterocycles. The molecule has 0 saturated heterocycles. The predicted octanol–water partition coefficient (Wildman–Crippen LogP) is 3.35. The third kappa shape index (κ3) is 4.05. The first-order valence-corrected chi connectivity index (χ1v) is 8.25. The lowest BCUT2D eigenvalue weighted by atomic mass is 10.2. The third-order valence-electron chi connectivity index (χ3n) is 3.97. The average Bonchev–Trinajstić information content (AvgIpc) is 2.98. The lowest BCUT2D eigenvalue weighted by molar-refractivity contribution is 0.101. The van der Waals surface area contributed by atoms with Gasteiger partial charge in [-0.15, -0.1) is 0 Å². The first kappa shape index (κ1) is 19.9. The van der Waals surface area contributed by atoms with E-state index >= 15 is 0 Å². The second-order valence-corrected chi connectivity index (χ2v) is 5.87. The Kier molecular flexibility index (Phi) is 5.53. The normalized spacial score (nSPS) is 10.5. The molecule has 0 radical (unpaired) electrons. The maximum Gasteiger partial charge on any atom is 0.279 e. The van der Waals surface area contributed by atoms with Crippen LogP contribution < -0.4 is 15.4 Å². The molecule has 2 aromatic carbocycles. The Morgan fingerprint density at radius 2 is 1.76 bits per heavy atom. The van der Waals surface area contributed by atoms with E-state index in [1.54, 1.807) is 18.2 Å². The molecule has 29 heavy (non-hydrogen) atoms. The van der Waals surface area contributed by atoms with Crippen molar-refractivity contribution < 1.29 is 27.5 Å². The molecule has 2 amide bonds. The van der Waals surface area contributed by atoms with Crippen molar-refractivity contribution in [3.8, 4) is 5.75 Å². The summed E-state index contributed by atoms with van der Waals surface area (Å²) < 4.78 is 47.4. The molecular weight excluding hydrogens is 389 g/mol. The highest BCUT2D eigenvalue weighted by atomic mass is 19.1. The highest BCUT2D eigenvalue weighted by Gasteiger charge is 2.25. The van der Waals surface area contributed by atoms with E-state index in [0.717, 1.165) is 16.8 Å². The molecule has 0 aliphatic carbocycles. The van der Waals surface area contributed by atoms with Gasteiger partial charge in [-0.2, -0.15) is 5.10 Å². The van der Waals surface area contributed by atoms with Gasteiger partial charge >= 0.3 is 0 Å². The van der Waals surface area contributed by atoms with Crippen LogP contribution in [0.5, 0.6) is 5.75 Å². The minimum Gasteiger partial charge on any atom is -0.496 e. The quantitative estimate of drug-likeness (QED) is 0.683. The lowest BCUT2D eigenvalue weighted by Gasteiger charge is -2.09. The van der Waals surface area contributed by atoms with Crippen LogP contribution in [0.2, 0.25) is 0 Å². The number of aryl methyl sites for hydroxylation is 1. The van der Waals surface area contributed by atoms with E-state index in [-0.39, 0.29) is 22.8 Å². The molecule has 0 saturated carbocycles. The number of ether oxygens (including phenoxy) is 1. The molecule has 3 aromatic rings. The van der Waals surface area contributed by atoms with Crippen LogP contribution >= 0.6 is 0 Å². The SMILES string of the molecule is COc1ccccc1C(=O)Nc1c(F)c(C(=O)Nc2ccc(F)cc2F)nn1C. The van der Waals surface area contributed by atoms with Crippen LogP contribution in [0.1, 0.15) is 20.8 Å². The number of amides is 2. The Morgan fingerprint density at radius 3 is 2.45 bits per heavy atom. The number of aromatic nitrogens is 2. The zero-order valence-corrected chi connectivity index (χ0v) is 15.3. The van der Waals surface area contributed by atoms with Crippen LogP contribution in [0.4, 0.5) is 24.7 Å². The molecule has 0 atom stereocenters. The number of benzene rings is 2. The second-order valence-electron chi connectivity index (χ2n) is 5.87. The van der Waals surface area contributed by atoms with Crippen LogP contribution in [0.25, 0.3) is 0 Å². The summed E-state index contributed by atoms with van der Waals surface area (Å²) in [5.74, 6) is -4.81. The summed E-state index contributed by atoms with van der Waals surface area (Å²) in [4.78, 5) is 24.7. The van der Waals surface area contributed by atoms with Gasteiger partial charge in [-0.3, -0.25) is 9.59 Å². The van der Waals surface area contributed by atoms with Gasteiger partial charge in [0.05, 0.1) is 18.4 Å². The molecule has 10 heteroatoms. The summed E-state index contributed by atoms with van der Waals surface area (Å²) in [7, 11) is 2.70. The Hall–Kier alpha value is -3.82. The zero-order valence-electron chi connectivity index (χ0n) is 15.3. The van der Waals surface area contributed by atoms with Gasteiger partial charge in [0, 0.05) is 13.1 Å². The van der Waals surface area contributed by atoms with Gasteiger partial charge in [0.15, 0.2) is 17.3 Å². The number of carbonyl (C=O) groups excluding carboxylic acids is 2. The fourth-order valence-corrected chi connectivity index (χ4v) is 2.56. The predicted molar refractivity (Wildman–Crippen MR) is 98.4 cm³/mol. The molecule has 0 spiro atoms. The smallest absolute Gasteiger partial charge is 0.279 e. The Bertz CT molecular complexity index is 1100. The van der Waals surface area contributed by atoms with Crippen LogP contribution in [-0.4, -0.2) is 28.7 Å². The number of hydrogen-bond acceptors (Lipinski definition) is 4. The van der Waals surface area contributed by atoms with Crippen molar-refractivity contribution in [3.05, 3.63) is 71.2 Å². The number of nitrogens with zero attached hydrogens (tertiary/aromatic N) is 2. The number of para-hydroxylation sites is 1. The highest BCUT2D eigenvalue weighted by molar-refractivity contribution is 6.07. The van der Waals surface area contributed by atoms with Crippen molar-refractivity contribution in [2.24, 2.45) is 7.05 Å². The standard InChI is InChI=1S/C19H15F3N4O3/c1-26-17(24-18(27)11-5-3-4-6-14(11)29-2)15(22)16(25-26)19(28)23-13-8-7-10(20)9-12(13)21/h3-9H,1-2H3,(H,23,28)(H,24,27). The molecule has 150 valence electrons. The van der Waals surface area contributed by atoms with Crippen molar-refractivity contribution >= 4 is 23.3 Å². The van der Waals surface area contributed by atoms with E-state index in [2.05, 4.69) is 15.7 Å². The molecule has 0 aliphatic rings. The number of halogens is 3. The second kappa shape index (κ2) is 8.05. The van der Waals surface area contributed by atoms with Crippen molar-refractivity contribution in [2.45, 2.75) is 0 Å². The Balaban J connectivity index is 1.84. The van der Waals surface area contributed by atoms with E-state index in [1.165, 1.54) is 20.2 Å². The topological polar surface area (TPSA) is 85.2 Å². The molecule has 0 unspecified atom stereocenters. The van der Waals surface area contributed by atoms with Crippen LogP contribution in [0.3, 0.4) is 0 Å². The monoisotopic (exact) mass is 404 g/mol. The van der Waals surface area contributed by atoms with Crippen molar-refractivity contribution in [1.82, 2.24) is 9.78 Å². The Morgan fingerprint density at radius 1 is 1.03 bits per heavy atom. The summed E-state index contributed by atoms with van der Waals surface area (Å²) in [6.45, 7) is 0. The van der Waals surface area contributed by atoms with Crippen LogP contribution in [0, 0.1) is 17.5 Å². The summed E-state index contributed by atoms with van der Waals surface area (Å²) in [6.07, 6.45) is 0. The van der Waals surface area contributed by atoms with Crippen molar-refractivity contribution in [3.63, 3.8) is 0 Å². The molecule has 0 fully saturated rings. The fourth-order valence-electron chi connectivity index (χ4n) is 2.56. The number of hydrogen-bond donors (Lipinski definition) is 2. The molecule has 3 rings (SSSR count). The molecule has 7 nitrogen and oxygen atoms in total. The van der Waals surface area contributed by atoms with Gasteiger partial charge in [0.2, 0.25) is 0 Å². The maximum absolute atomic E-state index is 14.7. The van der Waals surface area contributed by atoms with E-state index in [1.807, 2.05) is 0 Å². The minimum atomic E-state index is -1.12. The average molecular weight is 404 g/mol. The van der Waals surface area contributed by atoms with Gasteiger partial charge in [-0.05, 0) is 24.3 Å². The third-order valence-corrected chi connectivity index (χ3v) is 3.97. The van der Waals surface area contributed by atoms with Crippen LogP contribution in [-0.2, 0) is 7.05 Å². The summed E-state index contributed by atoms with van der Waals surface area (Å²) >= 11 is 0. The maximum atomic E-state index is 14.7.